The Kier molecular flexibility index (Phi) is 4.48. The van der Waals surface area contributed by atoms with Gasteiger partial charge in [-0.2, -0.15) is 5.26 Å². The van der Waals surface area contributed by atoms with Crippen LogP contribution in [0.2, 0.25) is 0 Å². The Balaban J connectivity index is 2.07. The highest BCUT2D eigenvalue weighted by atomic mass is 35.5. The van der Waals surface area contributed by atoms with Crippen LogP contribution in [-0.4, -0.2) is 21.0 Å². The zero-order valence-corrected chi connectivity index (χ0v) is 11.3. The summed E-state index contributed by atoms with van der Waals surface area (Å²) in [7, 11) is 0. The summed E-state index contributed by atoms with van der Waals surface area (Å²) in [5.41, 5.74) is 0.397. The fourth-order valence-electron chi connectivity index (χ4n) is 1.42. The van der Waals surface area contributed by atoms with Gasteiger partial charge in [-0.3, -0.25) is 10.1 Å². The van der Waals surface area contributed by atoms with E-state index >= 15 is 0 Å². The van der Waals surface area contributed by atoms with Crippen LogP contribution in [0.4, 0.5) is 16.3 Å². The Hall–Kier alpha value is -2.92. The van der Waals surface area contributed by atoms with Gasteiger partial charge in [0.05, 0.1) is 12.4 Å². The molecular weight excluding hydrogens is 296 g/mol. The van der Waals surface area contributed by atoms with Crippen molar-refractivity contribution < 1.29 is 4.79 Å². The number of hydrogen-bond donors (Lipinski definition) is 3. The van der Waals surface area contributed by atoms with E-state index in [1.807, 2.05) is 6.07 Å². The van der Waals surface area contributed by atoms with Crippen LogP contribution in [0.25, 0.3) is 0 Å². The Morgan fingerprint density at radius 1 is 1.38 bits per heavy atom. The van der Waals surface area contributed by atoms with Gasteiger partial charge < -0.3 is 10.3 Å². The Morgan fingerprint density at radius 3 is 2.81 bits per heavy atom. The molecule has 21 heavy (non-hydrogen) atoms. The van der Waals surface area contributed by atoms with E-state index in [1.165, 1.54) is 24.7 Å². The molecule has 8 nitrogen and oxygen atoms in total. The number of halogens is 1. The molecule has 2 heterocycles. The van der Waals surface area contributed by atoms with Gasteiger partial charge in [-0.05, 0) is 11.6 Å². The molecule has 0 fully saturated rings. The lowest BCUT2D eigenvalue weighted by atomic mass is 10.3. The number of aromatic nitrogens is 3. The number of aromatic amines is 1. The van der Waals surface area contributed by atoms with Gasteiger partial charge in [0.15, 0.2) is 11.5 Å². The number of pyridine rings is 1. The number of nitrogens with zero attached hydrogens (tertiary/aromatic N) is 3. The molecule has 3 N–H and O–H groups in total. The first kappa shape index (κ1) is 14.5. The number of carbonyl (C=O) groups excluding carboxylic acids is 1. The third-order valence-electron chi connectivity index (χ3n) is 2.37. The minimum atomic E-state index is -0.661. The highest BCUT2D eigenvalue weighted by molar-refractivity contribution is 6.17. The molecule has 0 bridgehead atoms. The molecule has 0 aliphatic heterocycles. The predicted octanol–water partition coefficient (Wildman–Crippen LogP) is 1.42. The standard InChI is InChI=1S/C12H9ClN6O2/c13-2-7-1-9(11(20)17-4-7)18-12(21)19-10-6-15-8(3-14)5-16-10/h1,4-6H,2H2,(H,17,20)(H2,16,18,19,21). The SMILES string of the molecule is N#Cc1cnc(NC(=O)Nc2cc(CCl)c[nH]c2=O)cn1. The third-order valence-corrected chi connectivity index (χ3v) is 2.68. The maximum absolute atomic E-state index is 11.7. The van der Waals surface area contributed by atoms with Crippen molar-refractivity contribution in [2.75, 3.05) is 10.6 Å². The molecule has 0 saturated carbocycles. The fraction of sp³-hybridized carbons (Fsp3) is 0.0833. The van der Waals surface area contributed by atoms with Crippen molar-refractivity contribution in [3.8, 4) is 6.07 Å². The first-order chi connectivity index (χ1) is 10.1. The summed E-state index contributed by atoms with van der Waals surface area (Å²) in [4.78, 5) is 33.3. The number of nitrogens with one attached hydrogen (secondary N) is 3. The van der Waals surface area contributed by atoms with Crippen LogP contribution < -0.4 is 16.2 Å². The van der Waals surface area contributed by atoms with Gasteiger partial charge in [-0.1, -0.05) is 0 Å². The van der Waals surface area contributed by atoms with Gasteiger partial charge in [0, 0.05) is 12.1 Å². The zero-order chi connectivity index (χ0) is 15.2. The third kappa shape index (κ3) is 3.77. The number of hydrogen-bond acceptors (Lipinski definition) is 5. The average molecular weight is 305 g/mol. The summed E-state index contributed by atoms with van der Waals surface area (Å²) >= 11 is 5.65. The minimum Gasteiger partial charge on any atom is -0.327 e. The lowest BCUT2D eigenvalue weighted by Crippen LogP contribution is -2.24. The highest BCUT2D eigenvalue weighted by Gasteiger charge is 2.08. The molecule has 9 heteroatoms. The number of carbonyl (C=O) groups is 1. The molecule has 0 radical (unpaired) electrons. The normalized spacial score (nSPS) is 9.71. The topological polar surface area (TPSA) is 124 Å². The summed E-state index contributed by atoms with van der Waals surface area (Å²) in [6.07, 6.45) is 3.92. The number of urea groups is 1. The fourth-order valence-corrected chi connectivity index (χ4v) is 1.57. The van der Waals surface area contributed by atoms with Gasteiger partial charge in [-0.25, -0.2) is 14.8 Å². The van der Waals surface area contributed by atoms with E-state index in [1.54, 1.807) is 0 Å². The molecular formula is C12H9ClN6O2. The Bertz CT molecular complexity index is 750. The van der Waals surface area contributed by atoms with Crippen LogP contribution in [0.1, 0.15) is 11.3 Å². The van der Waals surface area contributed by atoms with Gasteiger partial charge in [0.1, 0.15) is 11.8 Å². The monoisotopic (exact) mass is 304 g/mol. The number of nitriles is 1. The van der Waals surface area contributed by atoms with Crippen molar-refractivity contribution in [1.82, 2.24) is 15.0 Å². The zero-order valence-electron chi connectivity index (χ0n) is 10.6. The minimum absolute atomic E-state index is 0.0623. The molecule has 2 aromatic heterocycles. The summed E-state index contributed by atoms with van der Waals surface area (Å²) in [5.74, 6) is 0.352. The van der Waals surface area contributed by atoms with E-state index in [0.717, 1.165) is 0 Å². The smallest absolute Gasteiger partial charge is 0.325 e. The van der Waals surface area contributed by atoms with Crippen LogP contribution in [-0.2, 0) is 5.88 Å². The molecule has 2 aromatic rings. The number of anilines is 2. The molecule has 0 spiro atoms. The van der Waals surface area contributed by atoms with E-state index < -0.39 is 11.6 Å². The van der Waals surface area contributed by atoms with E-state index in [9.17, 15) is 9.59 Å². The van der Waals surface area contributed by atoms with E-state index in [0.29, 0.717) is 5.56 Å². The first-order valence-corrected chi connectivity index (χ1v) is 6.23. The van der Waals surface area contributed by atoms with Gasteiger partial charge in [0.25, 0.3) is 5.56 Å². The van der Waals surface area contributed by atoms with Gasteiger partial charge in [0.2, 0.25) is 0 Å². The van der Waals surface area contributed by atoms with Crippen LogP contribution in [0, 0.1) is 11.3 Å². The summed E-state index contributed by atoms with van der Waals surface area (Å²) in [6, 6.07) is 2.61. The number of rotatable bonds is 3. The summed E-state index contributed by atoms with van der Waals surface area (Å²) in [6.45, 7) is 0. The second-order valence-electron chi connectivity index (χ2n) is 3.86. The second kappa shape index (κ2) is 6.49. The average Bonchev–Trinajstić information content (AvgIpc) is 2.50. The molecule has 0 saturated heterocycles. The lowest BCUT2D eigenvalue weighted by molar-refractivity contribution is 0.262. The number of alkyl halides is 1. The molecule has 2 amide bonds. The van der Waals surface area contributed by atoms with Gasteiger partial charge >= 0.3 is 6.03 Å². The summed E-state index contributed by atoms with van der Waals surface area (Å²) in [5, 5.41) is 13.3. The van der Waals surface area contributed by atoms with Crippen molar-refractivity contribution in [3.05, 3.63) is 46.3 Å². The molecule has 0 aromatic carbocycles. The van der Waals surface area contributed by atoms with Crippen molar-refractivity contribution in [2.24, 2.45) is 0 Å². The molecule has 2 rings (SSSR count). The quantitative estimate of drug-likeness (QED) is 0.740. The van der Waals surface area contributed by atoms with Crippen molar-refractivity contribution in [3.63, 3.8) is 0 Å². The van der Waals surface area contributed by atoms with Crippen LogP contribution in [0.15, 0.2) is 29.5 Å². The van der Waals surface area contributed by atoms with Crippen LogP contribution >= 0.6 is 11.6 Å². The predicted molar refractivity (Wildman–Crippen MR) is 76.0 cm³/mol. The Labute approximate surface area is 123 Å². The van der Waals surface area contributed by atoms with E-state index in [2.05, 4.69) is 25.6 Å². The molecule has 0 aliphatic carbocycles. The van der Waals surface area contributed by atoms with Crippen molar-refractivity contribution in [1.29, 1.82) is 5.26 Å². The highest BCUT2D eigenvalue weighted by Crippen LogP contribution is 2.07. The number of amides is 2. The summed E-state index contributed by atoms with van der Waals surface area (Å²) < 4.78 is 0. The van der Waals surface area contributed by atoms with Crippen molar-refractivity contribution >= 4 is 29.1 Å². The van der Waals surface area contributed by atoms with Gasteiger partial charge in [-0.15, -0.1) is 11.6 Å². The number of H-pyrrole nitrogens is 1. The maximum atomic E-state index is 11.7. The van der Waals surface area contributed by atoms with Crippen molar-refractivity contribution in [2.45, 2.75) is 5.88 Å². The molecule has 0 atom stereocenters. The molecule has 0 unspecified atom stereocenters. The second-order valence-corrected chi connectivity index (χ2v) is 4.13. The lowest BCUT2D eigenvalue weighted by Gasteiger charge is -2.06. The molecule has 0 aliphatic rings. The van der Waals surface area contributed by atoms with E-state index in [4.69, 9.17) is 16.9 Å². The maximum Gasteiger partial charge on any atom is 0.325 e. The first-order valence-electron chi connectivity index (χ1n) is 5.70. The van der Waals surface area contributed by atoms with Crippen LogP contribution in [0.5, 0.6) is 0 Å². The molecule has 106 valence electrons. The largest absolute Gasteiger partial charge is 0.327 e. The van der Waals surface area contributed by atoms with Crippen LogP contribution in [0.3, 0.4) is 0 Å². The van der Waals surface area contributed by atoms with E-state index in [-0.39, 0.29) is 23.1 Å². The Morgan fingerprint density at radius 2 is 2.19 bits per heavy atom.